The lowest BCUT2D eigenvalue weighted by atomic mass is 9.87. The number of rotatable bonds is 3. The normalized spacial score (nSPS) is 22.0. The molecule has 3 rings (SSSR count). The summed E-state index contributed by atoms with van der Waals surface area (Å²) in [5, 5.41) is 2.40. The maximum Gasteiger partial charge on any atom is 0.236 e. The first-order valence-corrected chi connectivity index (χ1v) is 7.42. The zero-order valence-electron chi connectivity index (χ0n) is 11.9. The Morgan fingerprint density at radius 1 is 1.05 bits per heavy atom. The number of benzene rings is 2. The van der Waals surface area contributed by atoms with Crippen LogP contribution in [0.2, 0.25) is 0 Å². The van der Waals surface area contributed by atoms with Crippen LogP contribution in [-0.2, 0) is 4.79 Å². The third-order valence-electron chi connectivity index (χ3n) is 4.21. The van der Waals surface area contributed by atoms with Crippen LogP contribution < -0.4 is 16.0 Å². The summed E-state index contributed by atoms with van der Waals surface area (Å²) in [5.74, 6) is 6.06. The summed E-state index contributed by atoms with van der Waals surface area (Å²) in [6, 6.07) is 14.4. The highest BCUT2D eigenvalue weighted by Crippen LogP contribution is 2.29. The Bertz CT molecular complexity index is 633. The molecule has 1 aliphatic carbocycles. The largest absolute Gasteiger partial charge is 0.490 e. The van der Waals surface area contributed by atoms with Gasteiger partial charge in [0.25, 0.3) is 0 Å². The van der Waals surface area contributed by atoms with Gasteiger partial charge >= 0.3 is 0 Å². The fourth-order valence-electron chi connectivity index (χ4n) is 2.99. The average molecular weight is 284 g/mol. The van der Waals surface area contributed by atoms with Crippen molar-refractivity contribution in [2.75, 3.05) is 0 Å². The molecule has 0 atom stereocenters. The molecular weight excluding hydrogens is 264 g/mol. The molecule has 1 fully saturated rings. The van der Waals surface area contributed by atoms with E-state index in [9.17, 15) is 4.79 Å². The fraction of sp³-hybridized carbons (Fsp3) is 0.353. The highest BCUT2D eigenvalue weighted by molar-refractivity contribution is 5.83. The lowest BCUT2D eigenvalue weighted by Crippen LogP contribution is -2.38. The standard InChI is InChI=1S/C17H20N2O2/c18-19-17(20)13-6-8-15(9-7-13)21-16-10-5-12-3-1-2-4-14(12)11-16/h1-5,10-11,13,15H,6-9,18H2,(H,19,20). The van der Waals surface area contributed by atoms with Crippen LogP contribution in [0.15, 0.2) is 42.5 Å². The molecule has 1 aliphatic rings. The van der Waals surface area contributed by atoms with Gasteiger partial charge in [-0.05, 0) is 48.6 Å². The molecule has 1 amide bonds. The molecule has 4 heteroatoms. The van der Waals surface area contributed by atoms with Crippen molar-refractivity contribution in [3.63, 3.8) is 0 Å². The number of amides is 1. The molecule has 4 nitrogen and oxygen atoms in total. The summed E-state index contributed by atoms with van der Waals surface area (Å²) >= 11 is 0. The molecule has 0 radical (unpaired) electrons. The molecule has 0 spiro atoms. The van der Waals surface area contributed by atoms with Crippen molar-refractivity contribution in [3.05, 3.63) is 42.5 Å². The van der Waals surface area contributed by atoms with E-state index in [1.807, 2.05) is 18.2 Å². The van der Waals surface area contributed by atoms with Crippen LogP contribution >= 0.6 is 0 Å². The molecular formula is C17H20N2O2. The Kier molecular flexibility index (Phi) is 4.06. The van der Waals surface area contributed by atoms with Gasteiger partial charge in [0.15, 0.2) is 0 Å². The minimum Gasteiger partial charge on any atom is -0.490 e. The van der Waals surface area contributed by atoms with Gasteiger partial charge in [0.05, 0.1) is 6.10 Å². The maximum absolute atomic E-state index is 11.5. The Morgan fingerprint density at radius 3 is 2.48 bits per heavy atom. The van der Waals surface area contributed by atoms with E-state index < -0.39 is 0 Å². The smallest absolute Gasteiger partial charge is 0.236 e. The Labute approximate surface area is 124 Å². The van der Waals surface area contributed by atoms with E-state index in [0.29, 0.717) is 0 Å². The number of hydrazine groups is 1. The monoisotopic (exact) mass is 284 g/mol. The molecule has 2 aromatic carbocycles. The van der Waals surface area contributed by atoms with E-state index in [4.69, 9.17) is 10.6 Å². The van der Waals surface area contributed by atoms with Gasteiger partial charge < -0.3 is 4.74 Å². The molecule has 2 aromatic rings. The molecule has 0 aromatic heterocycles. The summed E-state index contributed by atoms with van der Waals surface area (Å²) in [6.45, 7) is 0. The molecule has 3 N–H and O–H groups in total. The molecule has 0 aliphatic heterocycles. The van der Waals surface area contributed by atoms with Gasteiger partial charge in [-0.1, -0.05) is 30.3 Å². The van der Waals surface area contributed by atoms with Crippen LogP contribution in [0, 0.1) is 5.92 Å². The van der Waals surface area contributed by atoms with Crippen molar-refractivity contribution >= 4 is 16.7 Å². The van der Waals surface area contributed by atoms with Crippen LogP contribution in [0.3, 0.4) is 0 Å². The SMILES string of the molecule is NNC(=O)C1CCC(Oc2ccc3ccccc3c2)CC1. The zero-order valence-corrected chi connectivity index (χ0v) is 11.9. The number of nitrogens with two attached hydrogens (primary N) is 1. The molecule has 0 bridgehead atoms. The first kappa shape index (κ1) is 13.9. The summed E-state index contributed by atoms with van der Waals surface area (Å²) in [6.07, 6.45) is 3.64. The third-order valence-corrected chi connectivity index (χ3v) is 4.21. The Balaban J connectivity index is 1.63. The maximum atomic E-state index is 11.5. The highest BCUT2D eigenvalue weighted by atomic mass is 16.5. The lowest BCUT2D eigenvalue weighted by Gasteiger charge is -2.28. The summed E-state index contributed by atoms with van der Waals surface area (Å²) in [5.41, 5.74) is 2.24. The van der Waals surface area contributed by atoms with E-state index in [1.165, 1.54) is 10.8 Å². The molecule has 0 saturated heterocycles. The van der Waals surface area contributed by atoms with E-state index in [0.717, 1.165) is 31.4 Å². The predicted molar refractivity (Wildman–Crippen MR) is 82.7 cm³/mol. The Hall–Kier alpha value is -2.07. The second kappa shape index (κ2) is 6.14. The van der Waals surface area contributed by atoms with Crippen LogP contribution in [0.4, 0.5) is 0 Å². The molecule has 1 saturated carbocycles. The summed E-state index contributed by atoms with van der Waals surface area (Å²) in [7, 11) is 0. The van der Waals surface area contributed by atoms with E-state index in [1.54, 1.807) is 0 Å². The zero-order chi connectivity index (χ0) is 14.7. The minimum atomic E-state index is -0.0563. The van der Waals surface area contributed by atoms with Crippen molar-refractivity contribution in [3.8, 4) is 5.75 Å². The lowest BCUT2D eigenvalue weighted by molar-refractivity contribution is -0.126. The number of hydrogen-bond donors (Lipinski definition) is 2. The van der Waals surface area contributed by atoms with Gasteiger partial charge in [0, 0.05) is 5.92 Å². The molecule has 0 heterocycles. The number of fused-ring (bicyclic) bond motifs is 1. The van der Waals surface area contributed by atoms with Crippen LogP contribution in [0.5, 0.6) is 5.75 Å². The summed E-state index contributed by atoms with van der Waals surface area (Å²) in [4.78, 5) is 11.5. The van der Waals surface area contributed by atoms with Gasteiger partial charge in [-0.3, -0.25) is 10.2 Å². The minimum absolute atomic E-state index is 0.0338. The van der Waals surface area contributed by atoms with E-state index in [2.05, 4.69) is 29.7 Å². The highest BCUT2D eigenvalue weighted by Gasteiger charge is 2.26. The van der Waals surface area contributed by atoms with Crippen molar-refractivity contribution < 1.29 is 9.53 Å². The van der Waals surface area contributed by atoms with Gasteiger partial charge in [-0.25, -0.2) is 5.84 Å². The number of nitrogens with one attached hydrogen (secondary N) is 1. The van der Waals surface area contributed by atoms with Crippen LogP contribution in [-0.4, -0.2) is 12.0 Å². The fourth-order valence-corrected chi connectivity index (χ4v) is 2.99. The third kappa shape index (κ3) is 3.16. The second-order valence-corrected chi connectivity index (χ2v) is 5.61. The van der Waals surface area contributed by atoms with Crippen LogP contribution in [0.25, 0.3) is 10.8 Å². The first-order chi connectivity index (χ1) is 10.3. The number of carbonyl (C=O) groups excluding carboxylic acids is 1. The van der Waals surface area contributed by atoms with Crippen molar-refractivity contribution in [1.29, 1.82) is 0 Å². The second-order valence-electron chi connectivity index (χ2n) is 5.61. The van der Waals surface area contributed by atoms with Crippen molar-refractivity contribution in [1.82, 2.24) is 5.43 Å². The molecule has 21 heavy (non-hydrogen) atoms. The first-order valence-electron chi connectivity index (χ1n) is 7.42. The van der Waals surface area contributed by atoms with Gasteiger partial charge in [0.1, 0.15) is 5.75 Å². The van der Waals surface area contributed by atoms with E-state index in [-0.39, 0.29) is 17.9 Å². The summed E-state index contributed by atoms with van der Waals surface area (Å²) < 4.78 is 6.06. The average Bonchev–Trinajstić information content (AvgIpc) is 2.55. The van der Waals surface area contributed by atoms with Crippen molar-refractivity contribution in [2.45, 2.75) is 31.8 Å². The number of hydrogen-bond acceptors (Lipinski definition) is 3. The number of ether oxygens (including phenoxy) is 1. The van der Waals surface area contributed by atoms with Gasteiger partial charge in [0.2, 0.25) is 5.91 Å². The van der Waals surface area contributed by atoms with Gasteiger partial charge in [-0.15, -0.1) is 0 Å². The van der Waals surface area contributed by atoms with Gasteiger partial charge in [-0.2, -0.15) is 0 Å². The predicted octanol–water partition coefficient (Wildman–Crippen LogP) is 2.77. The van der Waals surface area contributed by atoms with Crippen LogP contribution in [0.1, 0.15) is 25.7 Å². The topological polar surface area (TPSA) is 64.3 Å². The van der Waals surface area contributed by atoms with Crippen molar-refractivity contribution in [2.24, 2.45) is 11.8 Å². The number of carbonyl (C=O) groups is 1. The van der Waals surface area contributed by atoms with E-state index >= 15 is 0 Å². The Morgan fingerprint density at radius 2 is 1.76 bits per heavy atom. The quantitative estimate of drug-likeness (QED) is 0.517. The molecule has 110 valence electrons. The molecule has 0 unspecified atom stereocenters.